The second-order valence-corrected chi connectivity index (χ2v) is 5.03. The van der Waals surface area contributed by atoms with E-state index in [0.29, 0.717) is 13.1 Å². The molecule has 2 rings (SSSR count). The van der Waals surface area contributed by atoms with Crippen LogP contribution >= 0.6 is 11.8 Å². The van der Waals surface area contributed by atoms with Crippen molar-refractivity contribution in [3.63, 3.8) is 0 Å². The summed E-state index contributed by atoms with van der Waals surface area (Å²) in [5.74, 6) is 0.00431. The van der Waals surface area contributed by atoms with Gasteiger partial charge in [0, 0.05) is 19.0 Å². The van der Waals surface area contributed by atoms with Gasteiger partial charge in [0.2, 0.25) is 5.91 Å². The van der Waals surface area contributed by atoms with E-state index in [1.54, 1.807) is 18.0 Å². The van der Waals surface area contributed by atoms with Crippen molar-refractivity contribution in [1.82, 2.24) is 10.2 Å². The van der Waals surface area contributed by atoms with Crippen LogP contribution in [0.3, 0.4) is 0 Å². The fourth-order valence-electron chi connectivity index (χ4n) is 1.78. The summed E-state index contributed by atoms with van der Waals surface area (Å²) in [4.78, 5) is 18.1. The minimum atomic E-state index is -0.00697. The second-order valence-electron chi connectivity index (χ2n) is 4.14. The van der Waals surface area contributed by atoms with Crippen molar-refractivity contribution in [2.45, 2.75) is 12.0 Å². The molecule has 1 amide bonds. The zero-order valence-electron chi connectivity index (χ0n) is 10.8. The molecule has 5 heteroatoms. The van der Waals surface area contributed by atoms with E-state index < -0.39 is 0 Å². The van der Waals surface area contributed by atoms with E-state index in [4.69, 9.17) is 0 Å². The zero-order chi connectivity index (χ0) is 13.5. The van der Waals surface area contributed by atoms with E-state index in [2.05, 4.69) is 10.3 Å². The maximum atomic E-state index is 11.9. The predicted octanol–water partition coefficient (Wildman–Crippen LogP) is 1.85. The Kier molecular flexibility index (Phi) is 5.03. The molecule has 0 radical (unpaired) electrons. The summed E-state index contributed by atoms with van der Waals surface area (Å²) >= 11 is 1.61. The molecule has 1 aromatic rings. The molecule has 4 nitrogen and oxygen atoms in total. The van der Waals surface area contributed by atoms with Crippen LogP contribution in [0.15, 0.2) is 47.6 Å². The molecule has 1 aromatic carbocycles. The van der Waals surface area contributed by atoms with E-state index in [-0.39, 0.29) is 11.4 Å². The number of aliphatic imine (C=N–C) groups is 1. The van der Waals surface area contributed by atoms with Gasteiger partial charge < -0.3 is 10.2 Å². The minimum absolute atomic E-state index is 0.00431. The first-order valence-electron chi connectivity index (χ1n) is 6.09. The molecule has 0 aromatic heterocycles. The molecule has 1 aliphatic rings. The number of hydrogen-bond donors (Lipinski definition) is 1. The van der Waals surface area contributed by atoms with Crippen molar-refractivity contribution < 1.29 is 4.79 Å². The number of nitrogens with zero attached hydrogens (tertiary/aromatic N) is 2. The maximum Gasteiger partial charge on any atom is 0.239 e. The standard InChI is InChI=1S/C14H17N3OS/c1-19-14-15-8-5-9-17(14)11-13(18)16-10-12-6-3-2-4-7-12/h2-9,14H,10-11H2,1H3,(H,16,18). The number of benzene rings is 1. The number of allylic oxidation sites excluding steroid dienone is 1. The van der Waals surface area contributed by atoms with Crippen LogP contribution in [0.1, 0.15) is 5.56 Å². The van der Waals surface area contributed by atoms with Crippen LogP contribution in [0.4, 0.5) is 0 Å². The van der Waals surface area contributed by atoms with Crippen LogP contribution < -0.4 is 5.32 Å². The van der Waals surface area contributed by atoms with Crippen LogP contribution in [-0.2, 0) is 11.3 Å². The molecule has 0 fully saturated rings. The fraction of sp³-hybridized carbons (Fsp3) is 0.286. The van der Waals surface area contributed by atoms with Crippen molar-refractivity contribution in [3.05, 3.63) is 48.2 Å². The number of carbonyl (C=O) groups is 1. The molecule has 0 spiro atoms. The van der Waals surface area contributed by atoms with E-state index in [1.165, 1.54) is 0 Å². The van der Waals surface area contributed by atoms with Crippen molar-refractivity contribution in [2.75, 3.05) is 12.8 Å². The van der Waals surface area contributed by atoms with Gasteiger partial charge in [0.15, 0.2) is 5.50 Å². The van der Waals surface area contributed by atoms with Gasteiger partial charge in [-0.3, -0.25) is 9.79 Å². The van der Waals surface area contributed by atoms with Gasteiger partial charge in [0.1, 0.15) is 0 Å². The number of thioether (sulfide) groups is 1. The number of carbonyl (C=O) groups excluding carboxylic acids is 1. The maximum absolute atomic E-state index is 11.9. The molecular weight excluding hydrogens is 258 g/mol. The molecule has 1 N–H and O–H groups in total. The lowest BCUT2D eigenvalue weighted by atomic mass is 10.2. The lowest BCUT2D eigenvalue weighted by Crippen LogP contribution is -2.38. The molecule has 1 atom stereocenters. The SMILES string of the molecule is CSC1N=CC=CN1CC(=O)NCc1ccccc1. The summed E-state index contributed by atoms with van der Waals surface area (Å²) in [6.45, 7) is 0.886. The smallest absolute Gasteiger partial charge is 0.239 e. The molecule has 0 saturated carbocycles. The van der Waals surface area contributed by atoms with Gasteiger partial charge >= 0.3 is 0 Å². The first-order valence-corrected chi connectivity index (χ1v) is 7.37. The Morgan fingerprint density at radius 3 is 2.95 bits per heavy atom. The van der Waals surface area contributed by atoms with E-state index >= 15 is 0 Å². The molecule has 1 heterocycles. The third kappa shape index (κ3) is 4.13. The van der Waals surface area contributed by atoms with Gasteiger partial charge in [-0.15, -0.1) is 11.8 Å². The van der Waals surface area contributed by atoms with Gasteiger partial charge in [-0.25, -0.2) is 0 Å². The Bertz CT molecular complexity index is 473. The normalized spacial score (nSPS) is 17.5. The summed E-state index contributed by atoms with van der Waals surface area (Å²) in [6, 6.07) is 9.89. The highest BCUT2D eigenvalue weighted by atomic mass is 32.2. The third-order valence-corrected chi connectivity index (χ3v) is 3.54. The summed E-state index contributed by atoms with van der Waals surface area (Å²) in [5, 5.41) is 2.92. The van der Waals surface area contributed by atoms with Crippen molar-refractivity contribution >= 4 is 23.9 Å². The van der Waals surface area contributed by atoms with E-state index in [1.807, 2.05) is 53.8 Å². The van der Waals surface area contributed by atoms with Crippen LogP contribution in [-0.4, -0.2) is 35.3 Å². The predicted molar refractivity (Wildman–Crippen MR) is 79.9 cm³/mol. The van der Waals surface area contributed by atoms with Gasteiger partial charge in [-0.2, -0.15) is 0 Å². The van der Waals surface area contributed by atoms with Crippen molar-refractivity contribution in [2.24, 2.45) is 4.99 Å². The summed E-state index contributed by atoms with van der Waals surface area (Å²) in [5.41, 5.74) is 1.09. The van der Waals surface area contributed by atoms with E-state index in [0.717, 1.165) is 5.56 Å². The molecule has 100 valence electrons. The second kappa shape index (κ2) is 6.99. The number of rotatable bonds is 5. The molecule has 0 bridgehead atoms. The number of nitrogens with one attached hydrogen (secondary N) is 1. The van der Waals surface area contributed by atoms with Crippen LogP contribution in [0.5, 0.6) is 0 Å². The monoisotopic (exact) mass is 275 g/mol. The van der Waals surface area contributed by atoms with Crippen LogP contribution in [0.25, 0.3) is 0 Å². The van der Waals surface area contributed by atoms with Gasteiger partial charge in [0.05, 0.1) is 6.54 Å². The Morgan fingerprint density at radius 2 is 2.21 bits per heavy atom. The van der Waals surface area contributed by atoms with Gasteiger partial charge in [-0.05, 0) is 17.9 Å². The fourth-order valence-corrected chi connectivity index (χ4v) is 2.38. The lowest BCUT2D eigenvalue weighted by Gasteiger charge is -2.27. The quantitative estimate of drug-likeness (QED) is 0.892. The number of amides is 1. The third-order valence-electron chi connectivity index (χ3n) is 2.73. The highest BCUT2D eigenvalue weighted by Crippen LogP contribution is 2.16. The summed E-state index contributed by atoms with van der Waals surface area (Å²) in [6.07, 6.45) is 7.49. The Balaban J connectivity index is 1.81. The van der Waals surface area contributed by atoms with E-state index in [9.17, 15) is 4.79 Å². The van der Waals surface area contributed by atoms with Crippen molar-refractivity contribution in [1.29, 1.82) is 0 Å². The van der Waals surface area contributed by atoms with Crippen LogP contribution in [0, 0.1) is 0 Å². The Labute approximate surface area is 117 Å². The molecule has 0 aliphatic carbocycles. The highest BCUT2D eigenvalue weighted by Gasteiger charge is 2.16. The largest absolute Gasteiger partial charge is 0.350 e. The lowest BCUT2D eigenvalue weighted by molar-refractivity contribution is -0.121. The highest BCUT2D eigenvalue weighted by molar-refractivity contribution is 7.99. The summed E-state index contributed by atoms with van der Waals surface area (Å²) < 4.78 is 0. The summed E-state index contributed by atoms with van der Waals surface area (Å²) in [7, 11) is 0. The van der Waals surface area contributed by atoms with Crippen LogP contribution in [0.2, 0.25) is 0 Å². The molecular formula is C14H17N3OS. The molecule has 19 heavy (non-hydrogen) atoms. The van der Waals surface area contributed by atoms with Crippen molar-refractivity contribution in [3.8, 4) is 0 Å². The first-order chi connectivity index (χ1) is 9.29. The molecule has 0 saturated heterocycles. The Morgan fingerprint density at radius 1 is 1.42 bits per heavy atom. The Hall–Kier alpha value is -1.75. The zero-order valence-corrected chi connectivity index (χ0v) is 11.6. The first kappa shape index (κ1) is 13.7. The molecule has 1 aliphatic heterocycles. The topological polar surface area (TPSA) is 44.7 Å². The molecule has 1 unspecified atom stereocenters. The average molecular weight is 275 g/mol. The minimum Gasteiger partial charge on any atom is -0.350 e. The van der Waals surface area contributed by atoms with Gasteiger partial charge in [0.25, 0.3) is 0 Å². The van der Waals surface area contributed by atoms with Gasteiger partial charge in [-0.1, -0.05) is 30.3 Å². The number of hydrogen-bond acceptors (Lipinski definition) is 4. The average Bonchev–Trinajstić information content (AvgIpc) is 2.47.